The van der Waals surface area contributed by atoms with Gasteiger partial charge in [0.25, 0.3) is 5.91 Å². The Balaban J connectivity index is 1.32. The zero-order valence-electron chi connectivity index (χ0n) is 15.7. The highest BCUT2D eigenvalue weighted by Crippen LogP contribution is 2.36. The van der Waals surface area contributed by atoms with Crippen LogP contribution in [0.25, 0.3) is 0 Å². The highest BCUT2D eigenvalue weighted by Gasteiger charge is 2.27. The molecule has 1 saturated heterocycles. The maximum atomic E-state index is 12.9. The lowest BCUT2D eigenvalue weighted by molar-refractivity contribution is 0.0714. The van der Waals surface area contributed by atoms with Crippen molar-refractivity contribution in [3.05, 3.63) is 35.7 Å². The van der Waals surface area contributed by atoms with Crippen LogP contribution < -0.4 is 10.1 Å². The lowest BCUT2D eigenvalue weighted by Crippen LogP contribution is -2.42. The standard InChI is InChI=1S/C20H26N4O2S/c1-2-26-17-9-4-3-8-16(17)19(25)24-12-10-15(11-13-24)21-20-22-18(23-27-20)14-6-5-7-14/h3-4,8-9,14-15H,2,5-7,10-13H2,1H3,(H,21,22,23). The zero-order valence-corrected chi connectivity index (χ0v) is 16.5. The molecule has 1 N–H and O–H groups in total. The van der Waals surface area contributed by atoms with Crippen molar-refractivity contribution in [2.24, 2.45) is 0 Å². The first-order valence-electron chi connectivity index (χ1n) is 9.86. The fourth-order valence-corrected chi connectivity index (χ4v) is 4.35. The molecule has 2 aliphatic rings. The van der Waals surface area contributed by atoms with Gasteiger partial charge in [0.05, 0.1) is 12.2 Å². The second-order valence-corrected chi connectivity index (χ2v) is 7.98. The average molecular weight is 387 g/mol. The van der Waals surface area contributed by atoms with Crippen molar-refractivity contribution in [1.82, 2.24) is 14.3 Å². The van der Waals surface area contributed by atoms with E-state index < -0.39 is 0 Å². The molecule has 1 saturated carbocycles. The molecule has 144 valence electrons. The molecule has 2 fully saturated rings. The van der Waals surface area contributed by atoms with Crippen LogP contribution in [0.2, 0.25) is 0 Å². The van der Waals surface area contributed by atoms with Crippen molar-refractivity contribution in [1.29, 1.82) is 0 Å². The second-order valence-electron chi connectivity index (χ2n) is 7.23. The van der Waals surface area contributed by atoms with E-state index in [0.29, 0.717) is 29.9 Å². The van der Waals surface area contributed by atoms with E-state index in [9.17, 15) is 4.79 Å². The number of hydrogen-bond acceptors (Lipinski definition) is 6. The third-order valence-electron chi connectivity index (χ3n) is 5.44. The van der Waals surface area contributed by atoms with E-state index in [1.807, 2.05) is 36.1 Å². The molecular formula is C20H26N4O2S. The van der Waals surface area contributed by atoms with Crippen molar-refractivity contribution in [3.8, 4) is 5.75 Å². The van der Waals surface area contributed by atoms with Crippen LogP contribution in [0.4, 0.5) is 5.13 Å². The van der Waals surface area contributed by atoms with Crippen LogP contribution in [0, 0.1) is 0 Å². The molecule has 0 bridgehead atoms. The number of para-hydroxylation sites is 1. The summed E-state index contributed by atoms with van der Waals surface area (Å²) in [4.78, 5) is 19.5. The number of nitrogens with zero attached hydrogens (tertiary/aromatic N) is 3. The number of amides is 1. The Morgan fingerprint density at radius 2 is 2.04 bits per heavy atom. The lowest BCUT2D eigenvalue weighted by atomic mass is 9.85. The molecule has 0 unspecified atom stereocenters. The number of nitrogens with one attached hydrogen (secondary N) is 1. The van der Waals surface area contributed by atoms with Gasteiger partial charge in [0.15, 0.2) is 0 Å². The van der Waals surface area contributed by atoms with Crippen LogP contribution >= 0.6 is 11.5 Å². The summed E-state index contributed by atoms with van der Waals surface area (Å²) in [6.07, 6.45) is 5.58. The number of anilines is 1. The average Bonchev–Trinajstić information content (AvgIpc) is 3.09. The second kappa shape index (κ2) is 8.25. The van der Waals surface area contributed by atoms with E-state index in [1.54, 1.807) is 0 Å². The number of carbonyl (C=O) groups is 1. The minimum Gasteiger partial charge on any atom is -0.493 e. The molecule has 0 spiro atoms. The van der Waals surface area contributed by atoms with Crippen LogP contribution in [0.3, 0.4) is 0 Å². The van der Waals surface area contributed by atoms with Gasteiger partial charge in [-0.3, -0.25) is 4.79 Å². The number of likely N-dealkylation sites (tertiary alicyclic amines) is 1. The molecule has 6 nitrogen and oxygen atoms in total. The van der Waals surface area contributed by atoms with Crippen molar-refractivity contribution in [2.45, 2.75) is 51.0 Å². The molecule has 1 aromatic carbocycles. The monoisotopic (exact) mass is 386 g/mol. The lowest BCUT2D eigenvalue weighted by Gasteiger charge is -2.32. The van der Waals surface area contributed by atoms with Gasteiger partial charge in [0.2, 0.25) is 5.13 Å². The first-order chi connectivity index (χ1) is 13.2. The molecule has 0 atom stereocenters. The van der Waals surface area contributed by atoms with Crippen molar-refractivity contribution in [3.63, 3.8) is 0 Å². The predicted molar refractivity (Wildman–Crippen MR) is 107 cm³/mol. The highest BCUT2D eigenvalue weighted by molar-refractivity contribution is 7.09. The Morgan fingerprint density at radius 3 is 2.74 bits per heavy atom. The summed E-state index contributed by atoms with van der Waals surface area (Å²) in [6, 6.07) is 7.84. The molecule has 2 aromatic rings. The SMILES string of the molecule is CCOc1ccccc1C(=O)N1CCC(Nc2nc(C3CCC3)ns2)CC1. The van der Waals surface area contributed by atoms with Gasteiger partial charge in [-0.05, 0) is 44.7 Å². The predicted octanol–water partition coefficient (Wildman–Crippen LogP) is 3.92. The minimum atomic E-state index is 0.0562. The first kappa shape index (κ1) is 18.2. The van der Waals surface area contributed by atoms with E-state index >= 15 is 0 Å². The van der Waals surface area contributed by atoms with Crippen LogP contribution in [0.15, 0.2) is 24.3 Å². The first-order valence-corrected chi connectivity index (χ1v) is 10.6. The van der Waals surface area contributed by atoms with Gasteiger partial charge in [0, 0.05) is 36.6 Å². The number of rotatable bonds is 6. The summed E-state index contributed by atoms with van der Waals surface area (Å²) in [7, 11) is 0. The van der Waals surface area contributed by atoms with Crippen molar-refractivity contribution < 1.29 is 9.53 Å². The normalized spacial score (nSPS) is 18.2. The van der Waals surface area contributed by atoms with Crippen LogP contribution in [0.5, 0.6) is 5.75 Å². The van der Waals surface area contributed by atoms with Crippen molar-refractivity contribution >= 4 is 22.6 Å². The third-order valence-corrected chi connectivity index (χ3v) is 6.10. The topological polar surface area (TPSA) is 67.3 Å². The fraction of sp³-hybridized carbons (Fsp3) is 0.550. The van der Waals surface area contributed by atoms with Crippen LogP contribution in [0.1, 0.15) is 61.1 Å². The molecule has 0 radical (unpaired) electrons. The molecule has 2 heterocycles. The van der Waals surface area contributed by atoms with Gasteiger partial charge in [-0.1, -0.05) is 18.6 Å². The molecule has 27 heavy (non-hydrogen) atoms. The number of carbonyl (C=O) groups excluding carboxylic acids is 1. The molecular weight excluding hydrogens is 360 g/mol. The summed E-state index contributed by atoms with van der Waals surface area (Å²) in [6.45, 7) is 3.97. The Bertz CT molecular complexity index is 782. The summed E-state index contributed by atoms with van der Waals surface area (Å²) in [5.41, 5.74) is 0.653. The van der Waals surface area contributed by atoms with Gasteiger partial charge < -0.3 is 15.0 Å². The largest absolute Gasteiger partial charge is 0.493 e. The summed E-state index contributed by atoms with van der Waals surface area (Å²) in [5, 5.41) is 4.44. The smallest absolute Gasteiger partial charge is 0.257 e. The number of aromatic nitrogens is 2. The summed E-state index contributed by atoms with van der Waals surface area (Å²) in [5.74, 6) is 2.30. The maximum Gasteiger partial charge on any atom is 0.257 e. The van der Waals surface area contributed by atoms with E-state index in [1.165, 1.54) is 30.8 Å². The Labute approximate surface area is 164 Å². The Morgan fingerprint density at radius 1 is 1.26 bits per heavy atom. The van der Waals surface area contributed by atoms with E-state index in [4.69, 9.17) is 4.74 Å². The van der Waals surface area contributed by atoms with E-state index in [2.05, 4.69) is 14.7 Å². The molecule has 1 aromatic heterocycles. The zero-order chi connectivity index (χ0) is 18.6. The minimum absolute atomic E-state index is 0.0562. The molecule has 1 aliphatic heterocycles. The number of hydrogen-bond donors (Lipinski definition) is 1. The van der Waals surface area contributed by atoms with Gasteiger partial charge in [-0.25, -0.2) is 4.98 Å². The molecule has 1 amide bonds. The van der Waals surface area contributed by atoms with Crippen molar-refractivity contribution in [2.75, 3.05) is 25.0 Å². The maximum absolute atomic E-state index is 12.9. The van der Waals surface area contributed by atoms with Gasteiger partial charge in [0.1, 0.15) is 11.6 Å². The number of benzene rings is 1. The molecule has 7 heteroatoms. The van der Waals surface area contributed by atoms with Gasteiger partial charge in [-0.15, -0.1) is 0 Å². The Hall–Kier alpha value is -2.15. The van der Waals surface area contributed by atoms with Gasteiger partial charge in [-0.2, -0.15) is 4.37 Å². The summed E-state index contributed by atoms with van der Waals surface area (Å²) >= 11 is 1.46. The Kier molecular flexibility index (Phi) is 5.57. The van der Waals surface area contributed by atoms with Gasteiger partial charge >= 0.3 is 0 Å². The fourth-order valence-electron chi connectivity index (χ4n) is 3.62. The molecule has 4 rings (SSSR count). The van der Waals surface area contributed by atoms with Crippen LogP contribution in [-0.2, 0) is 0 Å². The van der Waals surface area contributed by atoms with E-state index in [-0.39, 0.29) is 5.91 Å². The number of ether oxygens (including phenoxy) is 1. The third kappa shape index (κ3) is 4.08. The molecule has 1 aliphatic carbocycles. The quantitative estimate of drug-likeness (QED) is 0.815. The highest BCUT2D eigenvalue weighted by atomic mass is 32.1. The van der Waals surface area contributed by atoms with E-state index in [0.717, 1.165) is 36.9 Å². The summed E-state index contributed by atoms with van der Waals surface area (Å²) < 4.78 is 10.1. The number of piperidine rings is 1. The van der Waals surface area contributed by atoms with Crippen LogP contribution in [-0.4, -0.2) is 45.9 Å².